The second kappa shape index (κ2) is 10.7. The highest BCUT2D eigenvalue weighted by Gasteiger charge is 2.16. The van der Waals surface area contributed by atoms with Crippen molar-refractivity contribution in [2.24, 2.45) is 5.73 Å². The SMILES string of the molecule is CC.CC.NC(=O)C1=CCCc2cc(Sc3ccccc3)ccc21. The standard InChI is InChI=1S/C17H15NOS.2C2H6/c18-17(19)16-8-4-5-12-11-14(9-10-15(12)16)20-13-6-2-1-3-7-13;2*1-2/h1-3,6-11H,4-5H2,(H2,18,19);2*1-2H3. The van der Waals surface area contributed by atoms with Crippen molar-refractivity contribution in [1.82, 2.24) is 0 Å². The van der Waals surface area contributed by atoms with Crippen molar-refractivity contribution in [2.75, 3.05) is 0 Å². The van der Waals surface area contributed by atoms with Crippen LogP contribution >= 0.6 is 11.8 Å². The lowest BCUT2D eigenvalue weighted by atomic mass is 9.90. The largest absolute Gasteiger partial charge is 0.366 e. The molecule has 0 aliphatic heterocycles. The van der Waals surface area contributed by atoms with Crippen LogP contribution in [0.15, 0.2) is 64.4 Å². The van der Waals surface area contributed by atoms with Crippen LogP contribution in [-0.2, 0) is 11.2 Å². The summed E-state index contributed by atoms with van der Waals surface area (Å²) in [5, 5.41) is 0. The number of primary amides is 1. The average Bonchev–Trinajstić information content (AvgIpc) is 2.65. The molecule has 0 aromatic heterocycles. The molecular formula is C21H27NOS. The molecule has 0 fully saturated rings. The molecule has 1 amide bonds. The van der Waals surface area contributed by atoms with E-state index in [1.807, 2.05) is 58.0 Å². The lowest BCUT2D eigenvalue weighted by Crippen LogP contribution is -2.16. The summed E-state index contributed by atoms with van der Waals surface area (Å²) in [5.74, 6) is -0.339. The molecule has 24 heavy (non-hydrogen) atoms. The Morgan fingerprint density at radius 2 is 1.62 bits per heavy atom. The summed E-state index contributed by atoms with van der Waals surface area (Å²) >= 11 is 1.73. The molecule has 0 unspecified atom stereocenters. The van der Waals surface area contributed by atoms with Gasteiger partial charge in [-0.05, 0) is 48.2 Å². The van der Waals surface area contributed by atoms with E-state index in [1.165, 1.54) is 15.4 Å². The van der Waals surface area contributed by atoms with E-state index < -0.39 is 0 Å². The lowest BCUT2D eigenvalue weighted by molar-refractivity contribution is -0.112. The highest BCUT2D eigenvalue weighted by molar-refractivity contribution is 7.99. The second-order valence-corrected chi connectivity index (χ2v) is 5.90. The van der Waals surface area contributed by atoms with E-state index in [4.69, 9.17) is 5.73 Å². The van der Waals surface area contributed by atoms with E-state index in [9.17, 15) is 4.79 Å². The molecule has 0 heterocycles. The minimum Gasteiger partial charge on any atom is -0.366 e. The van der Waals surface area contributed by atoms with E-state index in [1.54, 1.807) is 11.8 Å². The zero-order chi connectivity index (χ0) is 17.9. The highest BCUT2D eigenvalue weighted by atomic mass is 32.2. The van der Waals surface area contributed by atoms with Crippen molar-refractivity contribution < 1.29 is 4.79 Å². The highest BCUT2D eigenvalue weighted by Crippen LogP contribution is 2.33. The molecule has 0 saturated carbocycles. The fourth-order valence-electron chi connectivity index (χ4n) is 2.44. The van der Waals surface area contributed by atoms with Gasteiger partial charge in [0.15, 0.2) is 0 Å². The molecule has 0 bridgehead atoms. The van der Waals surface area contributed by atoms with Crippen LogP contribution in [0.3, 0.4) is 0 Å². The molecule has 2 aromatic carbocycles. The maximum absolute atomic E-state index is 11.4. The number of rotatable bonds is 3. The third-order valence-electron chi connectivity index (χ3n) is 3.37. The Hall–Kier alpha value is -2.00. The van der Waals surface area contributed by atoms with Crippen molar-refractivity contribution in [3.63, 3.8) is 0 Å². The quantitative estimate of drug-likeness (QED) is 0.777. The molecule has 0 radical (unpaired) electrons. The number of hydrogen-bond acceptors (Lipinski definition) is 2. The van der Waals surface area contributed by atoms with Gasteiger partial charge in [0, 0.05) is 15.4 Å². The van der Waals surface area contributed by atoms with Crippen LogP contribution < -0.4 is 5.73 Å². The molecule has 1 aliphatic carbocycles. The summed E-state index contributed by atoms with van der Waals surface area (Å²) < 4.78 is 0. The number of aryl methyl sites for hydroxylation is 1. The van der Waals surface area contributed by atoms with Crippen LogP contribution in [0.5, 0.6) is 0 Å². The predicted molar refractivity (Wildman–Crippen MR) is 105 cm³/mol. The number of fused-ring (bicyclic) bond motifs is 1. The molecule has 2 aromatic rings. The molecule has 3 rings (SSSR count). The molecule has 3 heteroatoms. The van der Waals surface area contributed by atoms with E-state index in [2.05, 4.69) is 24.3 Å². The van der Waals surface area contributed by atoms with Gasteiger partial charge in [-0.25, -0.2) is 0 Å². The fourth-order valence-corrected chi connectivity index (χ4v) is 3.35. The Kier molecular flexibility index (Phi) is 8.95. The maximum Gasteiger partial charge on any atom is 0.248 e. The smallest absolute Gasteiger partial charge is 0.248 e. The van der Waals surface area contributed by atoms with Gasteiger partial charge in [0.1, 0.15) is 0 Å². The predicted octanol–water partition coefficient (Wildman–Crippen LogP) is 5.71. The summed E-state index contributed by atoms with van der Waals surface area (Å²) in [5.41, 5.74) is 8.28. The fraction of sp³-hybridized carbons (Fsp3) is 0.286. The summed E-state index contributed by atoms with van der Waals surface area (Å²) in [4.78, 5) is 13.9. The van der Waals surface area contributed by atoms with E-state index in [0.29, 0.717) is 5.57 Å². The minimum absolute atomic E-state index is 0.339. The van der Waals surface area contributed by atoms with Crippen molar-refractivity contribution in [3.05, 3.63) is 65.7 Å². The Balaban J connectivity index is 0.000000671. The van der Waals surface area contributed by atoms with Gasteiger partial charge in [0.05, 0.1) is 0 Å². The van der Waals surface area contributed by atoms with Gasteiger partial charge >= 0.3 is 0 Å². The summed E-state index contributed by atoms with van der Waals surface area (Å²) in [6, 6.07) is 16.5. The number of allylic oxidation sites excluding steroid dienone is 1. The first-order valence-corrected chi connectivity index (χ1v) is 9.42. The van der Waals surface area contributed by atoms with Gasteiger partial charge in [-0.15, -0.1) is 0 Å². The van der Waals surface area contributed by atoms with Crippen LogP contribution in [0.1, 0.15) is 45.2 Å². The molecule has 128 valence electrons. The number of carbonyl (C=O) groups is 1. The lowest BCUT2D eigenvalue weighted by Gasteiger charge is -2.16. The first-order chi connectivity index (χ1) is 11.7. The number of carbonyl (C=O) groups excluding carboxylic acids is 1. The summed E-state index contributed by atoms with van der Waals surface area (Å²) in [7, 11) is 0. The Labute approximate surface area is 150 Å². The number of benzene rings is 2. The van der Waals surface area contributed by atoms with E-state index in [-0.39, 0.29) is 5.91 Å². The number of nitrogens with two attached hydrogens (primary N) is 1. The average molecular weight is 342 g/mol. The third kappa shape index (κ3) is 5.27. The summed E-state index contributed by atoms with van der Waals surface area (Å²) in [6.45, 7) is 8.00. The van der Waals surface area contributed by atoms with Gasteiger partial charge in [-0.2, -0.15) is 0 Å². The zero-order valence-electron chi connectivity index (χ0n) is 15.0. The normalized spacial score (nSPS) is 11.8. The van der Waals surface area contributed by atoms with Crippen molar-refractivity contribution in [1.29, 1.82) is 0 Å². The zero-order valence-corrected chi connectivity index (χ0v) is 15.8. The Morgan fingerprint density at radius 1 is 0.958 bits per heavy atom. The topological polar surface area (TPSA) is 43.1 Å². The molecule has 2 nitrogen and oxygen atoms in total. The molecule has 0 saturated heterocycles. The van der Waals surface area contributed by atoms with Crippen molar-refractivity contribution in [2.45, 2.75) is 50.3 Å². The molecule has 2 N–H and O–H groups in total. The van der Waals surface area contributed by atoms with Crippen LogP contribution in [-0.4, -0.2) is 5.91 Å². The monoisotopic (exact) mass is 341 g/mol. The van der Waals surface area contributed by atoms with Crippen LogP contribution in [0.4, 0.5) is 0 Å². The number of hydrogen-bond donors (Lipinski definition) is 1. The van der Waals surface area contributed by atoms with Gasteiger partial charge < -0.3 is 5.73 Å². The Bertz CT molecular complexity index is 677. The minimum atomic E-state index is -0.339. The van der Waals surface area contributed by atoms with Crippen LogP contribution in [0.25, 0.3) is 5.57 Å². The molecular weight excluding hydrogens is 314 g/mol. The molecule has 0 atom stereocenters. The van der Waals surface area contributed by atoms with Crippen LogP contribution in [0, 0.1) is 0 Å². The number of amides is 1. The first-order valence-electron chi connectivity index (χ1n) is 8.60. The van der Waals surface area contributed by atoms with Gasteiger partial charge in [0.25, 0.3) is 0 Å². The maximum atomic E-state index is 11.4. The van der Waals surface area contributed by atoms with E-state index in [0.717, 1.165) is 18.4 Å². The van der Waals surface area contributed by atoms with Gasteiger partial charge in [-0.1, -0.05) is 69.8 Å². The summed E-state index contributed by atoms with van der Waals surface area (Å²) in [6.07, 6.45) is 3.79. The Morgan fingerprint density at radius 3 is 2.25 bits per heavy atom. The molecule has 0 spiro atoms. The molecule has 1 aliphatic rings. The van der Waals surface area contributed by atoms with Crippen molar-refractivity contribution >= 4 is 23.2 Å². The third-order valence-corrected chi connectivity index (χ3v) is 4.37. The van der Waals surface area contributed by atoms with Gasteiger partial charge in [-0.3, -0.25) is 4.79 Å². The first kappa shape index (κ1) is 20.0. The van der Waals surface area contributed by atoms with Crippen LogP contribution in [0.2, 0.25) is 0 Å². The van der Waals surface area contributed by atoms with Crippen molar-refractivity contribution in [3.8, 4) is 0 Å². The van der Waals surface area contributed by atoms with E-state index >= 15 is 0 Å². The van der Waals surface area contributed by atoms with Gasteiger partial charge in [0.2, 0.25) is 5.91 Å². The second-order valence-electron chi connectivity index (χ2n) is 4.75.